The van der Waals surface area contributed by atoms with Crippen LogP contribution < -0.4 is 5.32 Å². The molecular formula is C15H21N5OS. The SMILES string of the molecule is CC(C)C(C)NC(=O)CSCc1nnnn1-c1ccccc1. The first-order chi connectivity index (χ1) is 10.6. The number of amides is 1. The van der Waals surface area contributed by atoms with Gasteiger partial charge in [0, 0.05) is 6.04 Å². The number of aromatic nitrogens is 4. The highest BCUT2D eigenvalue weighted by molar-refractivity contribution is 7.99. The lowest BCUT2D eigenvalue weighted by Crippen LogP contribution is -2.37. The Hall–Kier alpha value is -1.89. The molecule has 1 atom stereocenters. The molecule has 0 aliphatic carbocycles. The normalized spacial score (nSPS) is 12.4. The number of para-hydroxylation sites is 1. The number of hydrogen-bond acceptors (Lipinski definition) is 5. The predicted octanol–water partition coefficient (Wildman–Crippen LogP) is 2.06. The Morgan fingerprint density at radius 2 is 2.00 bits per heavy atom. The number of thioether (sulfide) groups is 1. The van der Waals surface area contributed by atoms with Crippen LogP contribution in [0.1, 0.15) is 26.6 Å². The Balaban J connectivity index is 1.86. The maximum atomic E-state index is 11.9. The molecule has 0 saturated heterocycles. The smallest absolute Gasteiger partial charge is 0.230 e. The summed E-state index contributed by atoms with van der Waals surface area (Å²) >= 11 is 1.51. The molecule has 0 spiro atoms. The number of nitrogens with one attached hydrogen (secondary N) is 1. The van der Waals surface area contributed by atoms with Crippen LogP contribution in [-0.2, 0) is 10.5 Å². The summed E-state index contributed by atoms with van der Waals surface area (Å²) in [7, 11) is 0. The van der Waals surface area contributed by atoms with E-state index in [2.05, 4.69) is 34.7 Å². The van der Waals surface area contributed by atoms with Crippen LogP contribution in [0.4, 0.5) is 0 Å². The molecule has 1 aromatic heterocycles. The summed E-state index contributed by atoms with van der Waals surface area (Å²) in [6.07, 6.45) is 0. The first-order valence-electron chi connectivity index (χ1n) is 7.27. The molecule has 6 nitrogen and oxygen atoms in total. The van der Waals surface area contributed by atoms with E-state index in [0.717, 1.165) is 11.5 Å². The average molecular weight is 319 g/mol. The summed E-state index contributed by atoms with van der Waals surface area (Å²) in [6, 6.07) is 9.90. The Labute approximate surface area is 134 Å². The van der Waals surface area contributed by atoms with Gasteiger partial charge in [-0.3, -0.25) is 4.79 Å². The van der Waals surface area contributed by atoms with Crippen molar-refractivity contribution in [2.24, 2.45) is 5.92 Å². The second kappa shape index (κ2) is 7.93. The molecule has 22 heavy (non-hydrogen) atoms. The molecule has 0 fully saturated rings. The van der Waals surface area contributed by atoms with Crippen molar-refractivity contribution in [2.45, 2.75) is 32.6 Å². The molecule has 2 aromatic rings. The van der Waals surface area contributed by atoms with Gasteiger partial charge in [-0.25, -0.2) is 0 Å². The molecule has 7 heteroatoms. The zero-order valence-corrected chi connectivity index (χ0v) is 13.9. The number of carbonyl (C=O) groups excluding carboxylic acids is 1. The lowest BCUT2D eigenvalue weighted by Gasteiger charge is -2.17. The summed E-state index contributed by atoms with van der Waals surface area (Å²) in [4.78, 5) is 11.9. The summed E-state index contributed by atoms with van der Waals surface area (Å²) < 4.78 is 1.70. The fourth-order valence-electron chi connectivity index (χ4n) is 1.76. The minimum absolute atomic E-state index is 0.0462. The van der Waals surface area contributed by atoms with E-state index < -0.39 is 0 Å². The number of carbonyl (C=O) groups is 1. The van der Waals surface area contributed by atoms with Crippen molar-refractivity contribution in [3.05, 3.63) is 36.2 Å². The van der Waals surface area contributed by atoms with E-state index in [1.807, 2.05) is 37.3 Å². The molecule has 0 radical (unpaired) electrons. The lowest BCUT2D eigenvalue weighted by atomic mass is 10.1. The second-order valence-corrected chi connectivity index (χ2v) is 6.42. The first-order valence-corrected chi connectivity index (χ1v) is 8.43. The quantitative estimate of drug-likeness (QED) is 0.845. The van der Waals surface area contributed by atoms with Gasteiger partial charge in [0.15, 0.2) is 5.82 Å². The highest BCUT2D eigenvalue weighted by Gasteiger charge is 2.12. The van der Waals surface area contributed by atoms with Crippen molar-refractivity contribution in [1.29, 1.82) is 0 Å². The molecule has 0 saturated carbocycles. The Morgan fingerprint density at radius 1 is 1.27 bits per heavy atom. The maximum absolute atomic E-state index is 11.9. The van der Waals surface area contributed by atoms with E-state index in [1.165, 1.54) is 11.8 Å². The third-order valence-electron chi connectivity index (χ3n) is 3.39. The van der Waals surface area contributed by atoms with Gasteiger partial charge in [0.25, 0.3) is 0 Å². The third kappa shape index (κ3) is 4.56. The van der Waals surface area contributed by atoms with Crippen molar-refractivity contribution < 1.29 is 4.79 Å². The van der Waals surface area contributed by atoms with Gasteiger partial charge in [-0.1, -0.05) is 32.0 Å². The van der Waals surface area contributed by atoms with Crippen LogP contribution in [0.3, 0.4) is 0 Å². The van der Waals surface area contributed by atoms with E-state index in [0.29, 0.717) is 17.4 Å². The molecule has 1 N–H and O–H groups in total. The van der Waals surface area contributed by atoms with E-state index in [4.69, 9.17) is 0 Å². The molecular weight excluding hydrogens is 298 g/mol. The van der Waals surface area contributed by atoms with Gasteiger partial charge < -0.3 is 5.32 Å². The molecule has 118 valence electrons. The highest BCUT2D eigenvalue weighted by Crippen LogP contribution is 2.13. The highest BCUT2D eigenvalue weighted by atomic mass is 32.2. The minimum Gasteiger partial charge on any atom is -0.353 e. The maximum Gasteiger partial charge on any atom is 0.230 e. The van der Waals surface area contributed by atoms with Crippen molar-refractivity contribution in [3.8, 4) is 5.69 Å². The van der Waals surface area contributed by atoms with Crippen LogP contribution in [-0.4, -0.2) is 37.9 Å². The van der Waals surface area contributed by atoms with Crippen LogP contribution in [0.25, 0.3) is 5.69 Å². The van der Waals surface area contributed by atoms with E-state index in [-0.39, 0.29) is 11.9 Å². The van der Waals surface area contributed by atoms with Gasteiger partial charge in [0.1, 0.15) is 0 Å². The van der Waals surface area contributed by atoms with E-state index in [1.54, 1.807) is 4.68 Å². The number of nitrogens with zero attached hydrogens (tertiary/aromatic N) is 4. The Morgan fingerprint density at radius 3 is 2.68 bits per heavy atom. The zero-order chi connectivity index (χ0) is 15.9. The molecule has 0 aliphatic heterocycles. The number of tetrazole rings is 1. The van der Waals surface area contributed by atoms with Crippen LogP contribution in [0.2, 0.25) is 0 Å². The first kappa shape index (κ1) is 16.5. The zero-order valence-electron chi connectivity index (χ0n) is 13.1. The molecule has 1 aromatic carbocycles. The molecule has 1 heterocycles. The van der Waals surface area contributed by atoms with Crippen molar-refractivity contribution in [1.82, 2.24) is 25.5 Å². The monoisotopic (exact) mass is 319 g/mol. The van der Waals surface area contributed by atoms with Gasteiger partial charge in [-0.2, -0.15) is 4.68 Å². The second-order valence-electron chi connectivity index (χ2n) is 5.44. The summed E-state index contributed by atoms with van der Waals surface area (Å²) in [6.45, 7) is 6.20. The summed E-state index contributed by atoms with van der Waals surface area (Å²) in [5.41, 5.74) is 0.918. The van der Waals surface area contributed by atoms with Gasteiger partial charge >= 0.3 is 0 Å². The molecule has 2 rings (SSSR count). The predicted molar refractivity (Wildman–Crippen MR) is 87.8 cm³/mol. The molecule has 1 unspecified atom stereocenters. The largest absolute Gasteiger partial charge is 0.353 e. The minimum atomic E-state index is 0.0462. The average Bonchev–Trinajstić information content (AvgIpc) is 2.96. The van der Waals surface area contributed by atoms with Crippen molar-refractivity contribution >= 4 is 17.7 Å². The van der Waals surface area contributed by atoms with Crippen LogP contribution in [0.15, 0.2) is 30.3 Å². The van der Waals surface area contributed by atoms with Crippen molar-refractivity contribution in [3.63, 3.8) is 0 Å². The molecule has 1 amide bonds. The van der Waals surface area contributed by atoms with E-state index >= 15 is 0 Å². The summed E-state index contributed by atoms with van der Waals surface area (Å²) in [5.74, 6) is 2.20. The third-order valence-corrected chi connectivity index (χ3v) is 4.32. The van der Waals surface area contributed by atoms with Crippen LogP contribution in [0, 0.1) is 5.92 Å². The molecule has 0 aliphatic rings. The number of rotatable bonds is 7. The fraction of sp³-hybridized carbons (Fsp3) is 0.467. The Bertz CT molecular complexity index is 599. The Kier molecular flexibility index (Phi) is 5.94. The molecule has 0 bridgehead atoms. The fourth-order valence-corrected chi connectivity index (χ4v) is 2.50. The van der Waals surface area contributed by atoms with Crippen LogP contribution >= 0.6 is 11.8 Å². The van der Waals surface area contributed by atoms with Crippen molar-refractivity contribution in [2.75, 3.05) is 5.75 Å². The van der Waals surface area contributed by atoms with Gasteiger partial charge in [-0.15, -0.1) is 16.9 Å². The van der Waals surface area contributed by atoms with E-state index in [9.17, 15) is 4.79 Å². The number of hydrogen-bond donors (Lipinski definition) is 1. The lowest BCUT2D eigenvalue weighted by molar-refractivity contribution is -0.119. The topological polar surface area (TPSA) is 72.7 Å². The van der Waals surface area contributed by atoms with Crippen LogP contribution in [0.5, 0.6) is 0 Å². The standard InChI is InChI=1S/C15H21N5OS/c1-11(2)12(3)16-15(21)10-22-9-14-17-18-19-20(14)13-7-5-4-6-8-13/h4-8,11-12H,9-10H2,1-3H3,(H,16,21). The van der Waals surface area contributed by atoms with Gasteiger partial charge in [-0.05, 0) is 35.4 Å². The van der Waals surface area contributed by atoms with Gasteiger partial charge in [0.05, 0.1) is 17.2 Å². The van der Waals surface area contributed by atoms with Gasteiger partial charge in [0.2, 0.25) is 5.91 Å². The number of benzene rings is 1. The summed E-state index contributed by atoms with van der Waals surface area (Å²) in [5, 5.41) is 14.7.